The highest BCUT2D eigenvalue weighted by Crippen LogP contribution is 2.16. The highest BCUT2D eigenvalue weighted by Gasteiger charge is 2.18. The van der Waals surface area contributed by atoms with Crippen molar-refractivity contribution in [2.75, 3.05) is 25.6 Å². The van der Waals surface area contributed by atoms with Crippen LogP contribution in [-0.4, -0.2) is 38.0 Å². The molecule has 7 nitrogen and oxygen atoms in total. The Bertz CT molecular complexity index is 820. The molecular formula is C20H22N2O5. The number of esters is 1. The van der Waals surface area contributed by atoms with Crippen LogP contribution >= 0.6 is 0 Å². The van der Waals surface area contributed by atoms with Crippen LogP contribution in [0.15, 0.2) is 48.5 Å². The molecule has 0 spiro atoms. The molecule has 0 radical (unpaired) electrons. The van der Waals surface area contributed by atoms with Gasteiger partial charge in [-0.15, -0.1) is 0 Å². The van der Waals surface area contributed by atoms with Gasteiger partial charge in [-0.05, 0) is 43.2 Å². The fraction of sp³-hybridized carbons (Fsp3) is 0.250. The summed E-state index contributed by atoms with van der Waals surface area (Å²) >= 11 is 0. The van der Waals surface area contributed by atoms with Gasteiger partial charge in [0.15, 0.2) is 0 Å². The summed E-state index contributed by atoms with van der Waals surface area (Å²) in [6.45, 7) is 2.19. The molecule has 0 saturated carbocycles. The van der Waals surface area contributed by atoms with Crippen LogP contribution < -0.4 is 15.4 Å². The molecule has 0 aliphatic rings. The molecule has 2 aromatic carbocycles. The van der Waals surface area contributed by atoms with E-state index in [1.807, 2.05) is 24.3 Å². The van der Waals surface area contributed by atoms with Crippen LogP contribution in [0.25, 0.3) is 0 Å². The number of ether oxygens (including phenoxy) is 2. The van der Waals surface area contributed by atoms with Crippen LogP contribution in [0.2, 0.25) is 0 Å². The number of methoxy groups -OCH3 is 1. The van der Waals surface area contributed by atoms with Gasteiger partial charge in [0.25, 0.3) is 0 Å². The molecule has 0 fully saturated rings. The number of benzene rings is 2. The average molecular weight is 370 g/mol. The van der Waals surface area contributed by atoms with E-state index < -0.39 is 17.8 Å². The summed E-state index contributed by atoms with van der Waals surface area (Å²) in [5.41, 5.74) is 1.39. The van der Waals surface area contributed by atoms with Gasteiger partial charge in [-0.3, -0.25) is 9.59 Å². The predicted octanol–water partition coefficient (Wildman–Crippen LogP) is 2.17. The van der Waals surface area contributed by atoms with E-state index in [0.717, 1.165) is 11.3 Å². The third-order valence-electron chi connectivity index (χ3n) is 3.71. The van der Waals surface area contributed by atoms with Gasteiger partial charge in [0.2, 0.25) is 0 Å². The van der Waals surface area contributed by atoms with Crippen molar-refractivity contribution in [3.05, 3.63) is 59.7 Å². The number of carbonyl (C=O) groups excluding carboxylic acids is 3. The Kier molecular flexibility index (Phi) is 7.37. The van der Waals surface area contributed by atoms with Crippen molar-refractivity contribution in [2.24, 2.45) is 0 Å². The van der Waals surface area contributed by atoms with Gasteiger partial charge in [0, 0.05) is 6.54 Å². The molecule has 2 N–H and O–H groups in total. The predicted molar refractivity (Wildman–Crippen MR) is 101 cm³/mol. The summed E-state index contributed by atoms with van der Waals surface area (Å²) in [6.07, 6.45) is 0.551. The third-order valence-corrected chi connectivity index (χ3v) is 3.71. The van der Waals surface area contributed by atoms with Gasteiger partial charge in [-0.25, -0.2) is 4.79 Å². The minimum absolute atomic E-state index is 0.192. The molecule has 2 amide bonds. The standard InChI is InChI=1S/C20H22N2O5/c1-3-27-20(25)16-9-4-5-10-17(16)22-19(24)18(23)21-12-11-14-7-6-8-15(13-14)26-2/h4-10,13H,3,11-12H2,1-2H3,(H,21,23)(H,22,24). The Labute approximate surface area is 157 Å². The molecule has 2 aromatic rings. The maximum absolute atomic E-state index is 12.1. The number of anilines is 1. The van der Waals surface area contributed by atoms with Crippen molar-refractivity contribution in [1.82, 2.24) is 5.32 Å². The minimum Gasteiger partial charge on any atom is -0.497 e. The van der Waals surface area contributed by atoms with Crippen molar-refractivity contribution < 1.29 is 23.9 Å². The first-order chi connectivity index (χ1) is 13.0. The molecule has 0 aliphatic heterocycles. The zero-order valence-corrected chi connectivity index (χ0v) is 15.3. The number of amides is 2. The topological polar surface area (TPSA) is 93.7 Å². The maximum atomic E-state index is 12.1. The van der Waals surface area contributed by atoms with Crippen LogP contribution in [0.5, 0.6) is 5.75 Å². The van der Waals surface area contributed by atoms with Crippen molar-refractivity contribution in [3.8, 4) is 5.75 Å². The monoisotopic (exact) mass is 370 g/mol. The Morgan fingerprint density at radius 1 is 1.00 bits per heavy atom. The molecule has 0 aliphatic carbocycles. The summed E-state index contributed by atoms with van der Waals surface area (Å²) in [6, 6.07) is 13.8. The molecule has 7 heteroatoms. The first-order valence-corrected chi connectivity index (χ1v) is 8.53. The normalized spacial score (nSPS) is 10.0. The molecule has 0 heterocycles. The lowest BCUT2D eigenvalue weighted by atomic mass is 10.1. The number of rotatable bonds is 7. The quantitative estimate of drug-likeness (QED) is 0.575. The summed E-state index contributed by atoms with van der Waals surface area (Å²) in [5, 5.41) is 5.00. The van der Waals surface area contributed by atoms with Crippen molar-refractivity contribution in [2.45, 2.75) is 13.3 Å². The summed E-state index contributed by atoms with van der Waals surface area (Å²) in [5.74, 6) is -1.46. The first-order valence-electron chi connectivity index (χ1n) is 8.53. The molecule has 27 heavy (non-hydrogen) atoms. The Morgan fingerprint density at radius 2 is 1.78 bits per heavy atom. The SMILES string of the molecule is CCOC(=O)c1ccccc1NC(=O)C(=O)NCCc1cccc(OC)c1. The van der Waals surface area contributed by atoms with E-state index in [-0.39, 0.29) is 17.9 Å². The Morgan fingerprint density at radius 3 is 2.52 bits per heavy atom. The fourth-order valence-electron chi connectivity index (χ4n) is 2.39. The number of hydrogen-bond donors (Lipinski definition) is 2. The fourth-order valence-corrected chi connectivity index (χ4v) is 2.39. The van der Waals surface area contributed by atoms with Crippen LogP contribution in [0.4, 0.5) is 5.69 Å². The molecule has 0 saturated heterocycles. The number of carbonyl (C=O) groups is 3. The van der Waals surface area contributed by atoms with Crippen LogP contribution in [0.3, 0.4) is 0 Å². The Hall–Kier alpha value is -3.35. The number of para-hydroxylation sites is 1. The highest BCUT2D eigenvalue weighted by atomic mass is 16.5. The van der Waals surface area contributed by atoms with Gasteiger partial charge < -0.3 is 20.1 Å². The molecule has 0 atom stereocenters. The van der Waals surface area contributed by atoms with E-state index in [4.69, 9.17) is 9.47 Å². The van der Waals surface area contributed by atoms with Gasteiger partial charge >= 0.3 is 17.8 Å². The summed E-state index contributed by atoms with van der Waals surface area (Å²) in [4.78, 5) is 36.0. The lowest BCUT2D eigenvalue weighted by Crippen LogP contribution is -2.36. The van der Waals surface area contributed by atoms with Crippen molar-refractivity contribution >= 4 is 23.5 Å². The summed E-state index contributed by atoms with van der Waals surface area (Å²) < 4.78 is 10.1. The second-order valence-corrected chi connectivity index (χ2v) is 5.58. The molecular weight excluding hydrogens is 348 g/mol. The Balaban J connectivity index is 1.90. The van der Waals surface area contributed by atoms with Gasteiger partial charge in [0.1, 0.15) is 5.75 Å². The second-order valence-electron chi connectivity index (χ2n) is 5.58. The zero-order valence-electron chi connectivity index (χ0n) is 15.3. The van der Waals surface area contributed by atoms with E-state index in [9.17, 15) is 14.4 Å². The maximum Gasteiger partial charge on any atom is 0.340 e. The molecule has 2 rings (SSSR count). The zero-order chi connectivity index (χ0) is 19.6. The molecule has 0 unspecified atom stereocenters. The lowest BCUT2D eigenvalue weighted by Gasteiger charge is -2.10. The first kappa shape index (κ1) is 20.0. The lowest BCUT2D eigenvalue weighted by molar-refractivity contribution is -0.136. The van der Waals surface area contributed by atoms with Crippen molar-refractivity contribution in [1.29, 1.82) is 0 Å². The molecule has 142 valence electrons. The smallest absolute Gasteiger partial charge is 0.340 e. The van der Waals surface area contributed by atoms with E-state index in [2.05, 4.69) is 10.6 Å². The number of hydrogen-bond acceptors (Lipinski definition) is 5. The minimum atomic E-state index is -0.850. The average Bonchev–Trinajstić information content (AvgIpc) is 2.68. The largest absolute Gasteiger partial charge is 0.497 e. The van der Waals surface area contributed by atoms with Crippen molar-refractivity contribution in [3.63, 3.8) is 0 Å². The van der Waals surface area contributed by atoms with E-state index >= 15 is 0 Å². The van der Waals surface area contributed by atoms with Crippen LogP contribution in [0.1, 0.15) is 22.8 Å². The van der Waals surface area contributed by atoms with Gasteiger partial charge in [0.05, 0.1) is 25.0 Å². The van der Waals surface area contributed by atoms with Gasteiger partial charge in [-0.2, -0.15) is 0 Å². The summed E-state index contributed by atoms with van der Waals surface area (Å²) in [7, 11) is 1.58. The second kappa shape index (κ2) is 9.96. The van der Waals surface area contributed by atoms with E-state index in [1.165, 1.54) is 12.1 Å². The highest BCUT2D eigenvalue weighted by molar-refractivity contribution is 6.40. The van der Waals surface area contributed by atoms with E-state index in [0.29, 0.717) is 13.0 Å². The van der Waals surface area contributed by atoms with E-state index in [1.54, 1.807) is 26.2 Å². The number of nitrogens with one attached hydrogen (secondary N) is 2. The molecule has 0 bridgehead atoms. The van der Waals surface area contributed by atoms with Crippen LogP contribution in [-0.2, 0) is 20.7 Å². The molecule has 0 aromatic heterocycles. The third kappa shape index (κ3) is 5.85. The van der Waals surface area contributed by atoms with Gasteiger partial charge in [-0.1, -0.05) is 24.3 Å². The van der Waals surface area contributed by atoms with Crippen LogP contribution in [0, 0.1) is 0 Å².